The van der Waals surface area contributed by atoms with Gasteiger partial charge in [0.05, 0.1) is 11.4 Å². The first-order chi connectivity index (χ1) is 37.7. The molecule has 3 nitrogen and oxygen atoms in total. The van der Waals surface area contributed by atoms with Gasteiger partial charge in [-0.25, -0.2) is 0 Å². The van der Waals surface area contributed by atoms with E-state index in [1.807, 2.05) is 11.3 Å². The summed E-state index contributed by atoms with van der Waals surface area (Å²) < 4.78 is 10.1. The minimum Gasteiger partial charge on any atom is -0.458 e. The van der Waals surface area contributed by atoms with Crippen LogP contribution in [0.1, 0.15) is 40.4 Å². The number of fused-ring (bicyclic) bond motifs is 14. The van der Waals surface area contributed by atoms with Crippen LogP contribution >= 0.6 is 11.3 Å². The highest BCUT2D eigenvalue weighted by molar-refractivity contribution is 7.25. The molecule has 1 unspecified atom stereocenters. The molecule has 0 spiro atoms. The van der Waals surface area contributed by atoms with E-state index in [0.29, 0.717) is 0 Å². The van der Waals surface area contributed by atoms with Crippen molar-refractivity contribution in [1.82, 2.24) is 0 Å². The van der Waals surface area contributed by atoms with Crippen LogP contribution in [0.15, 0.2) is 265 Å². The van der Waals surface area contributed by atoms with Gasteiger partial charge in [-0.1, -0.05) is 194 Å². The lowest BCUT2D eigenvalue weighted by atomic mass is 9.77. The first-order valence-electron chi connectivity index (χ1n) is 26.5. The van der Waals surface area contributed by atoms with Crippen LogP contribution in [0.5, 0.6) is 0 Å². The van der Waals surface area contributed by atoms with Crippen molar-refractivity contribution in [2.45, 2.75) is 25.2 Å². The van der Waals surface area contributed by atoms with Gasteiger partial charge in [-0.3, -0.25) is 0 Å². The van der Waals surface area contributed by atoms with Gasteiger partial charge in [0, 0.05) is 71.6 Å². The predicted octanol–water partition coefficient (Wildman–Crippen LogP) is 20.2. The van der Waals surface area contributed by atoms with Crippen molar-refractivity contribution in [1.29, 1.82) is 0 Å². The Morgan fingerprint density at radius 2 is 1.00 bits per heavy atom. The average Bonchev–Trinajstić information content (AvgIpc) is 4.14. The van der Waals surface area contributed by atoms with Gasteiger partial charge in [-0.2, -0.15) is 0 Å². The molecule has 2 heterocycles. The van der Waals surface area contributed by atoms with Gasteiger partial charge in [0.15, 0.2) is 5.58 Å². The van der Waals surface area contributed by atoms with Crippen LogP contribution in [0.3, 0.4) is 0 Å². The van der Waals surface area contributed by atoms with E-state index in [9.17, 15) is 0 Å². The lowest BCUT2D eigenvalue weighted by Crippen LogP contribution is -2.18. The van der Waals surface area contributed by atoms with E-state index in [1.54, 1.807) is 0 Å². The standard InChI is InChI=1S/C72H50N2OS/c1-4-23-50(24-5-1)73(51-25-6-2-7-26-51)66-36-20-37-67-70(66)65-44-48-22-11-13-30-55(48)71(72(65)75-67)74(52-27-8-3-9-28-52)53-40-42-60-58-33-15-14-31-56(58)57-32-16-17-34-59(57)63(43-47-21-10-12-29-54(47)64(60)46-53)49-39-41-62-61-35-18-19-38-68(61)76-69(62)45-49/h1-19,21-36,38-42,44-46,63H,20,37,43H2. The Labute approximate surface area is 446 Å². The Kier molecular flexibility index (Phi) is 10.7. The summed E-state index contributed by atoms with van der Waals surface area (Å²) in [6.07, 6.45) is 4.91. The fourth-order valence-corrected chi connectivity index (χ4v) is 13.6. The van der Waals surface area contributed by atoms with Crippen LogP contribution in [0.2, 0.25) is 0 Å². The second-order valence-corrected chi connectivity index (χ2v) is 21.2. The van der Waals surface area contributed by atoms with Crippen molar-refractivity contribution in [2.75, 3.05) is 9.80 Å². The normalized spacial score (nSPS) is 13.8. The topological polar surface area (TPSA) is 19.6 Å². The first kappa shape index (κ1) is 44.3. The van der Waals surface area contributed by atoms with Crippen LogP contribution < -0.4 is 9.80 Å². The number of nitrogens with zero attached hydrogens (tertiary/aromatic N) is 2. The lowest BCUT2D eigenvalue weighted by Gasteiger charge is -2.30. The Bertz CT molecular complexity index is 4360. The van der Waals surface area contributed by atoms with E-state index in [0.717, 1.165) is 86.5 Å². The van der Waals surface area contributed by atoms with Crippen molar-refractivity contribution in [3.63, 3.8) is 0 Å². The number of hydrogen-bond donors (Lipinski definition) is 0. The molecule has 0 N–H and O–H groups in total. The molecule has 4 heteroatoms. The summed E-state index contributed by atoms with van der Waals surface area (Å²) in [6.45, 7) is 0. The highest BCUT2D eigenvalue weighted by Crippen LogP contribution is 2.53. The van der Waals surface area contributed by atoms with Crippen molar-refractivity contribution < 1.29 is 4.42 Å². The summed E-state index contributed by atoms with van der Waals surface area (Å²) in [7, 11) is 0. The fraction of sp³-hybridized carbons (Fsp3) is 0.0556. The monoisotopic (exact) mass is 990 g/mol. The second-order valence-electron chi connectivity index (χ2n) is 20.2. The van der Waals surface area contributed by atoms with E-state index in [4.69, 9.17) is 4.42 Å². The average molecular weight is 991 g/mol. The molecule has 360 valence electrons. The predicted molar refractivity (Wildman–Crippen MR) is 321 cm³/mol. The molecular formula is C72H50N2OS. The van der Waals surface area contributed by atoms with E-state index in [-0.39, 0.29) is 5.92 Å². The molecule has 0 fully saturated rings. The SMILES string of the molecule is C1=C(N(c2ccccc2)c2ccccc2)c2c(oc3c(N(c4ccccc4)c4ccc5c(c4)-c4ccccc4CC(c4ccc6c(c4)sc4ccccc46)c4ccccc4-c4ccccc4-5)c4ccccc4cc23)CC1. The van der Waals surface area contributed by atoms with E-state index in [2.05, 4.69) is 271 Å². The van der Waals surface area contributed by atoms with Gasteiger partial charge < -0.3 is 14.2 Å². The molecule has 0 radical (unpaired) electrons. The maximum Gasteiger partial charge on any atom is 0.159 e. The number of anilines is 5. The molecule has 76 heavy (non-hydrogen) atoms. The number of allylic oxidation sites excluding steroid dienone is 1. The summed E-state index contributed by atoms with van der Waals surface area (Å²) in [4.78, 5) is 4.86. The fourth-order valence-electron chi connectivity index (χ4n) is 12.5. The highest BCUT2D eigenvalue weighted by Gasteiger charge is 2.32. The van der Waals surface area contributed by atoms with Crippen LogP contribution in [-0.4, -0.2) is 0 Å². The van der Waals surface area contributed by atoms with Gasteiger partial charge in [0.2, 0.25) is 0 Å². The molecule has 0 saturated carbocycles. The van der Waals surface area contributed by atoms with Crippen LogP contribution in [0.25, 0.3) is 81.0 Å². The van der Waals surface area contributed by atoms with E-state index < -0.39 is 0 Å². The first-order valence-corrected chi connectivity index (χ1v) is 27.3. The zero-order valence-corrected chi connectivity index (χ0v) is 42.6. The maximum absolute atomic E-state index is 7.41. The van der Waals surface area contributed by atoms with Crippen molar-refractivity contribution in [2.24, 2.45) is 0 Å². The smallest absolute Gasteiger partial charge is 0.159 e. The number of para-hydroxylation sites is 3. The largest absolute Gasteiger partial charge is 0.458 e. The zero-order chi connectivity index (χ0) is 50.1. The summed E-state index contributed by atoms with van der Waals surface area (Å²) in [5.74, 6) is 1.10. The van der Waals surface area contributed by atoms with Gasteiger partial charge in [0.25, 0.3) is 0 Å². The van der Waals surface area contributed by atoms with Gasteiger partial charge in [-0.15, -0.1) is 11.3 Å². The Hall–Kier alpha value is -9.22. The third kappa shape index (κ3) is 7.32. The molecule has 0 amide bonds. The minimum atomic E-state index is 0.0955. The molecular weight excluding hydrogens is 941 g/mol. The van der Waals surface area contributed by atoms with E-state index >= 15 is 0 Å². The molecule has 0 saturated heterocycles. The molecule has 15 rings (SSSR count). The summed E-state index contributed by atoms with van der Waals surface area (Å²) >= 11 is 1.90. The highest BCUT2D eigenvalue weighted by atomic mass is 32.1. The second kappa shape index (κ2) is 18.3. The number of benzene rings is 11. The third-order valence-electron chi connectivity index (χ3n) is 15.9. The van der Waals surface area contributed by atoms with Crippen LogP contribution in [0, 0.1) is 0 Å². The molecule has 0 aliphatic heterocycles. The van der Waals surface area contributed by atoms with Gasteiger partial charge >= 0.3 is 0 Å². The molecule has 2 aliphatic carbocycles. The minimum absolute atomic E-state index is 0.0955. The molecule has 0 bridgehead atoms. The number of aryl methyl sites for hydroxylation is 1. The quantitative estimate of drug-likeness (QED) is 0.159. The molecule has 2 aliphatic rings. The number of hydrogen-bond acceptors (Lipinski definition) is 4. The summed E-state index contributed by atoms with van der Waals surface area (Å²) in [5, 5.41) is 6.03. The number of furan rings is 1. The lowest BCUT2D eigenvalue weighted by molar-refractivity contribution is 0.545. The Morgan fingerprint density at radius 3 is 1.76 bits per heavy atom. The van der Waals surface area contributed by atoms with E-state index in [1.165, 1.54) is 70.2 Å². The maximum atomic E-state index is 7.41. The number of rotatable bonds is 7. The van der Waals surface area contributed by atoms with Crippen molar-refractivity contribution in [3.8, 4) is 33.4 Å². The summed E-state index contributed by atoms with van der Waals surface area (Å²) in [5.41, 5.74) is 19.9. The molecule has 13 aromatic rings. The van der Waals surface area contributed by atoms with Crippen molar-refractivity contribution in [3.05, 3.63) is 289 Å². The van der Waals surface area contributed by atoms with Crippen LogP contribution in [-0.2, 0) is 12.8 Å². The summed E-state index contributed by atoms with van der Waals surface area (Å²) in [6, 6.07) is 94.1. The van der Waals surface area contributed by atoms with Crippen LogP contribution in [0.4, 0.5) is 28.4 Å². The van der Waals surface area contributed by atoms with Gasteiger partial charge in [0.1, 0.15) is 5.76 Å². The van der Waals surface area contributed by atoms with Crippen molar-refractivity contribution >= 4 is 87.4 Å². The Balaban J connectivity index is 0.961. The molecule has 11 aromatic carbocycles. The molecule has 2 aromatic heterocycles. The number of thiophene rings is 1. The Morgan fingerprint density at radius 1 is 0.408 bits per heavy atom. The zero-order valence-electron chi connectivity index (χ0n) is 41.7. The molecule has 1 atom stereocenters. The van der Waals surface area contributed by atoms with Gasteiger partial charge in [-0.05, 0) is 135 Å². The third-order valence-corrected chi connectivity index (χ3v) is 17.0.